The molecule has 1 aliphatic heterocycles. The highest BCUT2D eigenvalue weighted by atomic mass is 35.5. The number of halogens is 1. The molecule has 1 saturated heterocycles. The van der Waals surface area contributed by atoms with Gasteiger partial charge in [-0.05, 0) is 49.9 Å². The maximum atomic E-state index is 12.4. The first-order valence-electron chi connectivity index (χ1n) is 8.39. The summed E-state index contributed by atoms with van der Waals surface area (Å²) >= 11 is 7.47. The topological polar surface area (TPSA) is 32.3 Å². The monoisotopic (exact) mass is 354 g/mol. The normalized spacial score (nSPS) is 18.1. The van der Waals surface area contributed by atoms with Crippen molar-refractivity contribution >= 4 is 29.3 Å². The van der Waals surface area contributed by atoms with Gasteiger partial charge in [0.2, 0.25) is 5.91 Å². The summed E-state index contributed by atoms with van der Waals surface area (Å²) in [6, 6.07) is 7.96. The Morgan fingerprint density at radius 1 is 1.26 bits per heavy atom. The van der Waals surface area contributed by atoms with Crippen molar-refractivity contribution in [2.75, 3.05) is 19.6 Å². The minimum absolute atomic E-state index is 0.0927. The highest BCUT2D eigenvalue weighted by Gasteiger charge is 2.23. The maximum Gasteiger partial charge on any atom is 0.233 e. The third-order valence-electron chi connectivity index (χ3n) is 4.05. The van der Waals surface area contributed by atoms with Crippen LogP contribution in [-0.4, -0.2) is 41.7 Å². The molecule has 0 saturated carbocycles. The van der Waals surface area contributed by atoms with E-state index < -0.39 is 0 Å². The fourth-order valence-electron chi connectivity index (χ4n) is 2.87. The molecule has 1 aromatic carbocycles. The van der Waals surface area contributed by atoms with Gasteiger partial charge in [-0.25, -0.2) is 0 Å². The van der Waals surface area contributed by atoms with E-state index in [1.165, 1.54) is 0 Å². The van der Waals surface area contributed by atoms with Crippen LogP contribution in [0.1, 0.15) is 33.6 Å². The number of hydrogen-bond donors (Lipinski definition) is 1. The molecule has 128 valence electrons. The third-order valence-corrected chi connectivity index (χ3v) is 5.42. The summed E-state index contributed by atoms with van der Waals surface area (Å²) in [4.78, 5) is 15.9. The molecular formula is C18H27ClN2OS. The number of hydrogen-bond acceptors (Lipinski definition) is 3. The largest absolute Gasteiger partial charge is 0.352 e. The van der Waals surface area contributed by atoms with E-state index in [0.717, 1.165) is 42.4 Å². The van der Waals surface area contributed by atoms with E-state index in [-0.39, 0.29) is 11.2 Å². The molecule has 1 aliphatic rings. The molecule has 5 heteroatoms. The van der Waals surface area contributed by atoms with E-state index in [9.17, 15) is 4.79 Å². The van der Waals surface area contributed by atoms with Crippen molar-refractivity contribution in [1.29, 1.82) is 0 Å². The number of rotatable bonds is 6. The number of carbonyl (C=O) groups excluding carboxylic acids is 1. The van der Waals surface area contributed by atoms with Gasteiger partial charge < -0.3 is 10.2 Å². The van der Waals surface area contributed by atoms with E-state index >= 15 is 0 Å². The lowest BCUT2D eigenvalue weighted by molar-refractivity contribution is -0.121. The van der Waals surface area contributed by atoms with E-state index in [2.05, 4.69) is 24.1 Å². The Kier molecular flexibility index (Phi) is 7.25. The Bertz CT molecular complexity index is 498. The fourth-order valence-corrected chi connectivity index (χ4v) is 3.87. The van der Waals surface area contributed by atoms with E-state index in [4.69, 9.17) is 11.6 Å². The van der Waals surface area contributed by atoms with E-state index in [1.807, 2.05) is 31.2 Å². The first kappa shape index (κ1) is 18.6. The molecule has 1 N–H and O–H groups in total. The molecule has 1 heterocycles. The van der Waals surface area contributed by atoms with Gasteiger partial charge in [0.1, 0.15) is 0 Å². The van der Waals surface area contributed by atoms with Gasteiger partial charge in [0.25, 0.3) is 0 Å². The van der Waals surface area contributed by atoms with Crippen molar-refractivity contribution in [3.05, 3.63) is 29.3 Å². The molecule has 0 aromatic heterocycles. The Hall–Kier alpha value is -0.710. The van der Waals surface area contributed by atoms with Crippen molar-refractivity contribution in [2.24, 2.45) is 5.92 Å². The molecule has 0 radical (unpaired) electrons. The van der Waals surface area contributed by atoms with Crippen LogP contribution in [0.15, 0.2) is 29.2 Å². The number of likely N-dealkylation sites (tertiary alicyclic amines) is 1. The first-order chi connectivity index (χ1) is 10.9. The number of piperidine rings is 1. The Morgan fingerprint density at radius 2 is 1.87 bits per heavy atom. The smallest absolute Gasteiger partial charge is 0.233 e. The van der Waals surface area contributed by atoms with Crippen LogP contribution in [0.25, 0.3) is 0 Å². The number of amides is 1. The Labute approximate surface area is 149 Å². The van der Waals surface area contributed by atoms with Crippen LogP contribution in [-0.2, 0) is 4.79 Å². The SMILES string of the molecule is CC(C)CN1CCC(NC(=O)C(C)Sc2ccc(Cl)cc2)CC1. The lowest BCUT2D eigenvalue weighted by atomic mass is 10.0. The van der Waals surface area contributed by atoms with E-state index in [1.54, 1.807) is 11.8 Å². The molecule has 1 amide bonds. The average Bonchev–Trinajstić information content (AvgIpc) is 2.51. The Morgan fingerprint density at radius 3 is 2.43 bits per heavy atom. The number of thioether (sulfide) groups is 1. The molecule has 0 bridgehead atoms. The van der Waals surface area contributed by atoms with Crippen molar-refractivity contribution < 1.29 is 4.79 Å². The zero-order chi connectivity index (χ0) is 16.8. The number of benzene rings is 1. The van der Waals surface area contributed by atoms with Gasteiger partial charge in [-0.2, -0.15) is 0 Å². The second-order valence-corrected chi connectivity index (χ2v) is 8.54. The fraction of sp³-hybridized carbons (Fsp3) is 0.611. The van der Waals surface area contributed by atoms with E-state index in [0.29, 0.717) is 12.0 Å². The standard InChI is InChI=1S/C18H27ClN2OS/c1-13(2)12-21-10-8-16(9-11-21)20-18(22)14(3)23-17-6-4-15(19)5-7-17/h4-7,13-14,16H,8-12H2,1-3H3,(H,20,22). The van der Waals surface area contributed by atoms with Crippen LogP contribution in [0, 0.1) is 5.92 Å². The van der Waals surface area contributed by atoms with Gasteiger partial charge in [0.05, 0.1) is 5.25 Å². The van der Waals surface area contributed by atoms with Gasteiger partial charge in [-0.3, -0.25) is 4.79 Å². The number of nitrogens with zero attached hydrogens (tertiary/aromatic N) is 1. The Balaban J connectivity index is 1.75. The molecule has 0 aliphatic carbocycles. The third kappa shape index (κ3) is 6.36. The summed E-state index contributed by atoms with van der Waals surface area (Å²) in [5.74, 6) is 0.837. The highest BCUT2D eigenvalue weighted by molar-refractivity contribution is 8.00. The predicted molar refractivity (Wildman–Crippen MR) is 99.2 cm³/mol. The number of nitrogens with one attached hydrogen (secondary N) is 1. The molecule has 1 atom stereocenters. The zero-order valence-corrected chi connectivity index (χ0v) is 15.8. The summed E-state index contributed by atoms with van der Waals surface area (Å²) in [7, 11) is 0. The van der Waals surface area contributed by atoms with Gasteiger partial charge in [0, 0.05) is 35.6 Å². The maximum absolute atomic E-state index is 12.4. The van der Waals surface area contributed by atoms with Gasteiger partial charge in [-0.15, -0.1) is 11.8 Å². The van der Waals surface area contributed by atoms with Crippen LogP contribution in [0.2, 0.25) is 5.02 Å². The van der Waals surface area contributed by atoms with Gasteiger partial charge in [-0.1, -0.05) is 25.4 Å². The van der Waals surface area contributed by atoms with Crippen LogP contribution >= 0.6 is 23.4 Å². The molecule has 3 nitrogen and oxygen atoms in total. The van der Waals surface area contributed by atoms with Crippen LogP contribution in [0.4, 0.5) is 0 Å². The van der Waals surface area contributed by atoms with Crippen molar-refractivity contribution in [3.63, 3.8) is 0 Å². The summed E-state index contributed by atoms with van der Waals surface area (Å²) < 4.78 is 0. The van der Waals surface area contributed by atoms with Crippen LogP contribution in [0.3, 0.4) is 0 Å². The quantitative estimate of drug-likeness (QED) is 0.782. The van der Waals surface area contributed by atoms with Crippen molar-refractivity contribution in [3.8, 4) is 0 Å². The summed E-state index contributed by atoms with van der Waals surface area (Å²) in [6.07, 6.45) is 2.10. The minimum Gasteiger partial charge on any atom is -0.352 e. The van der Waals surface area contributed by atoms with Crippen LogP contribution < -0.4 is 5.32 Å². The molecular weight excluding hydrogens is 328 g/mol. The van der Waals surface area contributed by atoms with Crippen molar-refractivity contribution in [1.82, 2.24) is 10.2 Å². The summed E-state index contributed by atoms with van der Waals surface area (Å²) in [6.45, 7) is 9.79. The molecule has 0 spiro atoms. The van der Waals surface area contributed by atoms with Crippen LogP contribution in [0.5, 0.6) is 0 Å². The molecule has 2 rings (SSSR count). The molecule has 1 aromatic rings. The number of carbonyl (C=O) groups is 1. The highest BCUT2D eigenvalue weighted by Crippen LogP contribution is 2.25. The molecule has 1 fully saturated rings. The predicted octanol–water partition coefficient (Wildman–Crippen LogP) is 4.06. The lowest BCUT2D eigenvalue weighted by Crippen LogP contribution is -2.47. The average molecular weight is 355 g/mol. The first-order valence-corrected chi connectivity index (χ1v) is 9.64. The summed E-state index contributed by atoms with van der Waals surface area (Å²) in [5, 5.41) is 3.84. The second kappa shape index (κ2) is 8.95. The lowest BCUT2D eigenvalue weighted by Gasteiger charge is -2.33. The van der Waals surface area contributed by atoms with Gasteiger partial charge >= 0.3 is 0 Å². The summed E-state index contributed by atoms with van der Waals surface area (Å²) in [5.41, 5.74) is 0. The molecule has 1 unspecified atom stereocenters. The minimum atomic E-state index is -0.0927. The van der Waals surface area contributed by atoms with Crippen molar-refractivity contribution in [2.45, 2.75) is 49.8 Å². The molecule has 23 heavy (non-hydrogen) atoms. The zero-order valence-electron chi connectivity index (χ0n) is 14.2. The second-order valence-electron chi connectivity index (χ2n) is 6.69. The van der Waals surface area contributed by atoms with Gasteiger partial charge in [0.15, 0.2) is 0 Å².